The van der Waals surface area contributed by atoms with E-state index in [2.05, 4.69) is 9.84 Å². The summed E-state index contributed by atoms with van der Waals surface area (Å²) in [5.74, 6) is 1.93. The predicted molar refractivity (Wildman–Crippen MR) is 187 cm³/mol. The van der Waals surface area contributed by atoms with Gasteiger partial charge < -0.3 is 18.9 Å². The molecule has 51 heavy (non-hydrogen) atoms. The zero-order valence-corrected chi connectivity index (χ0v) is 30.8. The van der Waals surface area contributed by atoms with Gasteiger partial charge in [-0.25, -0.2) is 23.4 Å². The van der Waals surface area contributed by atoms with Gasteiger partial charge in [-0.15, -0.1) is 0 Å². The molecule has 2 rings (SSSR count). The van der Waals surface area contributed by atoms with Crippen LogP contribution < -0.4 is 5.84 Å². The highest BCUT2D eigenvalue weighted by Gasteiger charge is 2.20. The maximum absolute atomic E-state index is 13.2. The zero-order valence-electron chi connectivity index (χ0n) is 30.8. The van der Waals surface area contributed by atoms with Crippen LogP contribution in [0, 0.1) is 11.6 Å². The molecule has 0 radical (unpaired) electrons. The molecule has 284 valence electrons. The number of halogens is 2. The van der Waals surface area contributed by atoms with E-state index in [1.165, 1.54) is 36.4 Å². The first-order chi connectivity index (χ1) is 24.1. The first kappa shape index (κ1) is 46.2. The first-order valence-corrected chi connectivity index (χ1v) is 16.7. The monoisotopic (exact) mass is 722 g/mol. The molecule has 0 aliphatic carbocycles. The third kappa shape index (κ3) is 19.9. The Morgan fingerprint density at radius 2 is 1.04 bits per heavy atom. The largest absolute Gasteiger partial charge is 0.466 e. The Balaban J connectivity index is 0.000000811. The van der Waals surface area contributed by atoms with E-state index in [1.807, 2.05) is 27.7 Å². The van der Waals surface area contributed by atoms with E-state index < -0.39 is 29.4 Å². The lowest BCUT2D eigenvalue weighted by Gasteiger charge is -2.24. The molecule has 0 unspecified atom stereocenters. The number of nitrogens with two attached hydrogens (primary N) is 1. The van der Waals surface area contributed by atoms with Crippen LogP contribution in [0.3, 0.4) is 0 Å². The van der Waals surface area contributed by atoms with Gasteiger partial charge in [-0.3, -0.25) is 25.2 Å². The summed E-state index contributed by atoms with van der Waals surface area (Å²) in [6.45, 7) is 16.5. The van der Waals surface area contributed by atoms with Crippen molar-refractivity contribution in [3.8, 4) is 0 Å². The summed E-state index contributed by atoms with van der Waals surface area (Å²) in [4.78, 5) is 56.9. The van der Waals surface area contributed by atoms with Crippen LogP contribution in [0.15, 0.2) is 53.6 Å². The fourth-order valence-electron chi connectivity index (χ4n) is 3.64. The number of benzene rings is 2. The van der Waals surface area contributed by atoms with Crippen molar-refractivity contribution in [1.82, 2.24) is 10.0 Å². The van der Waals surface area contributed by atoms with Crippen LogP contribution in [-0.2, 0) is 38.1 Å². The third-order valence-corrected chi connectivity index (χ3v) is 6.37. The van der Waals surface area contributed by atoms with Gasteiger partial charge in [0, 0.05) is 36.3 Å². The van der Waals surface area contributed by atoms with Gasteiger partial charge in [0.05, 0.1) is 39.3 Å². The molecular weight excluding hydrogens is 670 g/mol. The molecule has 0 amide bonds. The molecule has 0 atom stereocenters. The number of ketones is 1. The van der Waals surface area contributed by atoms with Crippen molar-refractivity contribution in [3.63, 3.8) is 0 Å². The lowest BCUT2D eigenvalue weighted by atomic mass is 10.1. The van der Waals surface area contributed by atoms with Crippen LogP contribution in [0.5, 0.6) is 0 Å². The molecule has 2 aromatic carbocycles. The van der Waals surface area contributed by atoms with Crippen LogP contribution in [0.4, 0.5) is 8.78 Å². The van der Waals surface area contributed by atoms with Gasteiger partial charge in [-0.2, -0.15) is 5.10 Å². The van der Waals surface area contributed by atoms with E-state index in [4.69, 9.17) is 20.1 Å². The van der Waals surface area contributed by atoms with Gasteiger partial charge in [0.2, 0.25) is 0 Å². The quantitative estimate of drug-likeness (QED) is 0.0449. The Labute approximate surface area is 299 Å². The molecule has 0 spiro atoms. The third-order valence-electron chi connectivity index (χ3n) is 6.37. The summed E-state index contributed by atoms with van der Waals surface area (Å²) in [7, 11) is 0. The van der Waals surface area contributed by atoms with Gasteiger partial charge in [0.15, 0.2) is 5.71 Å². The lowest BCUT2D eigenvalue weighted by Crippen LogP contribution is -2.39. The molecule has 0 aliphatic rings. The number of carbonyl (C=O) groups excluding carboxylic acids is 5. The van der Waals surface area contributed by atoms with Crippen LogP contribution in [0.25, 0.3) is 0 Å². The lowest BCUT2D eigenvalue weighted by molar-refractivity contribution is -0.144. The standard InChI is InChI=1S/C18H25FN2O4.C10H9FO3.C8H18N2O2/c1-5-24-16(22)11-12-21(13(3)4)20-17(18(23)25-6-2)14-7-9-15(19)10-8-14;1-2-14-10(13)9(12)7-3-5-8(11)6-4-7;1-4-12-8(11)5-6-10(9)7(2)3/h7-10,13H,5-6,11-12H2,1-4H3;3-6H,2H2,1H3;7H,4-6,9H2,1-3H3/b20-17-;;. The molecule has 13 nitrogen and oxygen atoms in total. The second kappa shape index (κ2) is 26.1. The number of hydrazine groups is 1. The second-order valence-corrected chi connectivity index (χ2v) is 10.9. The highest BCUT2D eigenvalue weighted by molar-refractivity contribution is 6.43. The maximum atomic E-state index is 13.2. The SMILES string of the molecule is CCOC(=O)C(=O)c1ccc(F)cc1.CCOC(=O)CCN(/N=C(\C(=O)OCC)c1ccc(F)cc1)C(C)C.CCOC(=O)CCN(N)C(C)C. The number of ether oxygens (including phenoxy) is 4. The molecule has 0 aliphatic heterocycles. The number of hydrogen-bond donors (Lipinski definition) is 1. The molecule has 0 heterocycles. The second-order valence-electron chi connectivity index (χ2n) is 10.9. The fraction of sp³-hybridized carbons (Fsp3) is 0.500. The van der Waals surface area contributed by atoms with Crippen molar-refractivity contribution in [2.24, 2.45) is 10.9 Å². The Hall–Kier alpha value is -4.76. The number of esters is 4. The Kier molecular flexibility index (Phi) is 23.7. The van der Waals surface area contributed by atoms with Crippen LogP contribution in [0.1, 0.15) is 84.2 Å². The molecule has 2 N–H and O–H groups in total. The summed E-state index contributed by atoms with van der Waals surface area (Å²) in [5, 5.41) is 7.61. The number of nitrogens with zero attached hydrogens (tertiary/aromatic N) is 3. The first-order valence-electron chi connectivity index (χ1n) is 16.7. The van der Waals surface area contributed by atoms with Crippen molar-refractivity contribution >= 4 is 35.4 Å². The van der Waals surface area contributed by atoms with Gasteiger partial charge >= 0.3 is 23.9 Å². The summed E-state index contributed by atoms with van der Waals surface area (Å²) in [6, 6.07) is 10.4. The van der Waals surface area contributed by atoms with Crippen molar-refractivity contribution in [2.75, 3.05) is 39.5 Å². The van der Waals surface area contributed by atoms with E-state index in [-0.39, 0.29) is 54.9 Å². The zero-order chi connectivity index (χ0) is 38.9. The topological polar surface area (TPSA) is 167 Å². The maximum Gasteiger partial charge on any atom is 0.379 e. The van der Waals surface area contributed by atoms with Gasteiger partial charge in [-0.05, 0) is 104 Å². The van der Waals surface area contributed by atoms with E-state index >= 15 is 0 Å². The summed E-state index contributed by atoms with van der Waals surface area (Å²) in [5.41, 5.74) is 0.644. The minimum atomic E-state index is -0.917. The molecule has 0 bridgehead atoms. The molecular formula is C36H52F2N4O9. The minimum Gasteiger partial charge on any atom is -0.466 e. The average Bonchev–Trinajstić information content (AvgIpc) is 3.08. The molecule has 0 fully saturated rings. The summed E-state index contributed by atoms with van der Waals surface area (Å²) >= 11 is 0. The Morgan fingerprint density at radius 1 is 0.627 bits per heavy atom. The number of hydrogen-bond acceptors (Lipinski definition) is 13. The minimum absolute atomic E-state index is 0.0562. The van der Waals surface area contributed by atoms with Crippen LogP contribution in [-0.4, -0.2) is 97.0 Å². The Bertz CT molecular complexity index is 1390. The van der Waals surface area contributed by atoms with E-state index in [0.29, 0.717) is 38.3 Å². The van der Waals surface area contributed by atoms with Crippen molar-refractivity contribution < 1.29 is 51.7 Å². The number of carbonyl (C=O) groups is 5. The van der Waals surface area contributed by atoms with Crippen LogP contribution >= 0.6 is 0 Å². The normalized spacial score (nSPS) is 10.7. The van der Waals surface area contributed by atoms with Crippen molar-refractivity contribution in [3.05, 3.63) is 71.3 Å². The van der Waals surface area contributed by atoms with E-state index in [0.717, 1.165) is 12.1 Å². The number of hydrazone groups is 1. The highest BCUT2D eigenvalue weighted by Crippen LogP contribution is 2.10. The number of Topliss-reactive ketones (excluding diaryl/α,β-unsaturated/α-hetero) is 1. The van der Waals surface area contributed by atoms with E-state index in [9.17, 15) is 32.8 Å². The van der Waals surface area contributed by atoms with E-state index in [1.54, 1.807) is 37.7 Å². The molecule has 2 aromatic rings. The van der Waals surface area contributed by atoms with Crippen LogP contribution in [0.2, 0.25) is 0 Å². The highest BCUT2D eigenvalue weighted by atomic mass is 19.1. The molecule has 15 heteroatoms. The van der Waals surface area contributed by atoms with Crippen molar-refractivity contribution in [2.45, 2.75) is 80.3 Å². The average molecular weight is 723 g/mol. The summed E-state index contributed by atoms with van der Waals surface area (Å²) in [6.07, 6.45) is 0.511. The predicted octanol–water partition coefficient (Wildman–Crippen LogP) is 4.85. The number of rotatable bonds is 17. The molecule has 0 saturated heterocycles. The van der Waals surface area contributed by atoms with Gasteiger partial charge in [-0.1, -0.05) is 0 Å². The van der Waals surface area contributed by atoms with Gasteiger partial charge in [0.1, 0.15) is 11.6 Å². The van der Waals surface area contributed by atoms with Crippen molar-refractivity contribution in [1.29, 1.82) is 0 Å². The van der Waals surface area contributed by atoms with Gasteiger partial charge in [0.25, 0.3) is 5.78 Å². The summed E-state index contributed by atoms with van der Waals surface area (Å²) < 4.78 is 44.8. The molecule has 0 saturated carbocycles. The Morgan fingerprint density at radius 3 is 1.45 bits per heavy atom. The fourth-order valence-corrected chi connectivity index (χ4v) is 3.64. The molecule has 0 aromatic heterocycles. The smallest absolute Gasteiger partial charge is 0.379 e.